The summed E-state index contributed by atoms with van der Waals surface area (Å²) in [4.78, 5) is 12.2. The van der Waals surface area contributed by atoms with Gasteiger partial charge in [-0.3, -0.25) is 4.79 Å². The lowest BCUT2D eigenvalue weighted by atomic mass is 10.1. The molecular weight excluding hydrogens is 372 g/mol. The highest BCUT2D eigenvalue weighted by atomic mass is 32.2. The van der Waals surface area contributed by atoms with Gasteiger partial charge in [0, 0.05) is 18.5 Å². The summed E-state index contributed by atoms with van der Waals surface area (Å²) in [6.07, 6.45) is 2.98. The van der Waals surface area contributed by atoms with Crippen LogP contribution < -0.4 is 10.0 Å². The molecule has 1 amide bonds. The van der Waals surface area contributed by atoms with E-state index >= 15 is 0 Å². The summed E-state index contributed by atoms with van der Waals surface area (Å²) in [5.41, 5.74) is 1.85. The average molecular weight is 403 g/mol. The fourth-order valence-electron chi connectivity index (χ4n) is 3.06. The van der Waals surface area contributed by atoms with Gasteiger partial charge in [-0.1, -0.05) is 55.8 Å². The van der Waals surface area contributed by atoms with Gasteiger partial charge in [0.1, 0.15) is 0 Å². The van der Waals surface area contributed by atoms with Crippen LogP contribution in [0.15, 0.2) is 59.5 Å². The Bertz CT molecular complexity index is 849. The SMILES string of the molecule is CCC[C@@H](C)NC(=O)CCc1ccc(S(=O)(=O)N[C@H](C)c2ccccc2)cc1. The zero-order valence-electron chi connectivity index (χ0n) is 16.8. The van der Waals surface area contributed by atoms with Gasteiger partial charge in [-0.2, -0.15) is 0 Å². The maximum absolute atomic E-state index is 12.6. The van der Waals surface area contributed by atoms with Crippen LogP contribution >= 0.6 is 0 Å². The highest BCUT2D eigenvalue weighted by molar-refractivity contribution is 7.89. The van der Waals surface area contributed by atoms with E-state index in [1.165, 1.54) is 0 Å². The van der Waals surface area contributed by atoms with Gasteiger partial charge < -0.3 is 5.32 Å². The van der Waals surface area contributed by atoms with Gasteiger partial charge >= 0.3 is 0 Å². The fraction of sp³-hybridized carbons (Fsp3) is 0.409. The van der Waals surface area contributed by atoms with Crippen molar-refractivity contribution in [2.45, 2.75) is 63.4 Å². The first-order valence-corrected chi connectivity index (χ1v) is 11.3. The molecule has 0 aliphatic rings. The van der Waals surface area contributed by atoms with Crippen LogP contribution in [0.4, 0.5) is 0 Å². The molecule has 2 N–H and O–H groups in total. The minimum Gasteiger partial charge on any atom is -0.354 e. The van der Waals surface area contributed by atoms with E-state index in [9.17, 15) is 13.2 Å². The molecule has 152 valence electrons. The monoisotopic (exact) mass is 402 g/mol. The first-order chi connectivity index (χ1) is 13.3. The number of nitrogens with one attached hydrogen (secondary N) is 2. The summed E-state index contributed by atoms with van der Waals surface area (Å²) in [7, 11) is -3.61. The normalized spacial score (nSPS) is 13.7. The lowest BCUT2D eigenvalue weighted by Crippen LogP contribution is -2.32. The second-order valence-electron chi connectivity index (χ2n) is 7.15. The second kappa shape index (κ2) is 10.4. The van der Waals surface area contributed by atoms with E-state index in [0.29, 0.717) is 12.8 Å². The molecule has 2 aromatic carbocycles. The molecule has 2 aromatic rings. The minimum absolute atomic E-state index is 0.0241. The van der Waals surface area contributed by atoms with Gasteiger partial charge in [-0.25, -0.2) is 13.1 Å². The van der Waals surface area contributed by atoms with Gasteiger partial charge in [0.15, 0.2) is 0 Å². The van der Waals surface area contributed by atoms with Crippen LogP contribution in [0.25, 0.3) is 0 Å². The maximum Gasteiger partial charge on any atom is 0.241 e. The Labute approximate surface area is 168 Å². The Morgan fingerprint density at radius 2 is 1.64 bits per heavy atom. The summed E-state index contributed by atoms with van der Waals surface area (Å²) < 4.78 is 27.9. The lowest BCUT2D eigenvalue weighted by Gasteiger charge is -2.15. The molecule has 0 fully saturated rings. The zero-order chi connectivity index (χ0) is 20.6. The van der Waals surface area contributed by atoms with Crippen LogP contribution in [0, 0.1) is 0 Å². The number of sulfonamides is 1. The predicted octanol–water partition coefficient (Wildman–Crippen LogP) is 3.96. The Kier molecular flexibility index (Phi) is 8.20. The number of carbonyl (C=O) groups excluding carboxylic acids is 1. The molecule has 0 bridgehead atoms. The number of carbonyl (C=O) groups is 1. The number of amides is 1. The van der Waals surface area contributed by atoms with Crippen molar-refractivity contribution in [3.8, 4) is 0 Å². The van der Waals surface area contributed by atoms with Crippen molar-refractivity contribution in [2.75, 3.05) is 0 Å². The number of hydrogen-bond acceptors (Lipinski definition) is 3. The van der Waals surface area contributed by atoms with Crippen LogP contribution in [0.2, 0.25) is 0 Å². The quantitative estimate of drug-likeness (QED) is 0.631. The van der Waals surface area contributed by atoms with Gasteiger partial charge in [-0.15, -0.1) is 0 Å². The van der Waals surface area contributed by atoms with E-state index in [1.807, 2.05) is 44.2 Å². The lowest BCUT2D eigenvalue weighted by molar-refractivity contribution is -0.121. The average Bonchev–Trinajstić information content (AvgIpc) is 2.67. The van der Waals surface area contributed by atoms with Crippen LogP contribution in [-0.4, -0.2) is 20.4 Å². The summed E-state index contributed by atoms with van der Waals surface area (Å²) in [5.74, 6) is 0.0241. The highest BCUT2D eigenvalue weighted by Crippen LogP contribution is 2.17. The molecule has 0 saturated heterocycles. The third kappa shape index (κ3) is 6.77. The van der Waals surface area contributed by atoms with Gasteiger partial charge in [0.05, 0.1) is 4.90 Å². The van der Waals surface area contributed by atoms with E-state index in [0.717, 1.165) is 24.0 Å². The van der Waals surface area contributed by atoms with Crippen molar-refractivity contribution < 1.29 is 13.2 Å². The Morgan fingerprint density at radius 3 is 2.25 bits per heavy atom. The largest absolute Gasteiger partial charge is 0.354 e. The second-order valence-corrected chi connectivity index (χ2v) is 8.87. The van der Waals surface area contributed by atoms with Crippen LogP contribution in [0.5, 0.6) is 0 Å². The molecule has 2 rings (SSSR count). The summed E-state index contributed by atoms with van der Waals surface area (Å²) in [6, 6.07) is 16.0. The molecule has 0 radical (unpaired) electrons. The molecule has 0 aromatic heterocycles. The third-order valence-corrected chi connectivity index (χ3v) is 6.19. The molecule has 0 aliphatic heterocycles. The summed E-state index contributed by atoms with van der Waals surface area (Å²) >= 11 is 0. The Hall–Kier alpha value is -2.18. The van der Waals surface area contributed by atoms with Crippen molar-refractivity contribution in [2.24, 2.45) is 0 Å². The Morgan fingerprint density at radius 1 is 1.00 bits per heavy atom. The predicted molar refractivity (Wildman–Crippen MR) is 112 cm³/mol. The van der Waals surface area contributed by atoms with Crippen molar-refractivity contribution in [3.63, 3.8) is 0 Å². The number of hydrogen-bond donors (Lipinski definition) is 2. The molecule has 5 nitrogen and oxygen atoms in total. The van der Waals surface area contributed by atoms with E-state index in [4.69, 9.17) is 0 Å². The summed E-state index contributed by atoms with van der Waals surface area (Å²) in [5, 5.41) is 2.98. The Balaban J connectivity index is 1.93. The van der Waals surface area contributed by atoms with Crippen molar-refractivity contribution in [1.29, 1.82) is 0 Å². The van der Waals surface area contributed by atoms with E-state index in [1.54, 1.807) is 24.3 Å². The molecule has 0 saturated carbocycles. The molecule has 0 unspecified atom stereocenters. The first-order valence-electron chi connectivity index (χ1n) is 9.77. The van der Waals surface area contributed by atoms with Gasteiger partial charge in [-0.05, 0) is 49.9 Å². The molecule has 2 atom stereocenters. The van der Waals surface area contributed by atoms with E-state index < -0.39 is 10.0 Å². The first kappa shape index (κ1) is 22.1. The molecule has 0 heterocycles. The summed E-state index contributed by atoms with van der Waals surface area (Å²) in [6.45, 7) is 5.91. The van der Waals surface area contributed by atoms with Crippen LogP contribution in [0.1, 0.15) is 57.2 Å². The highest BCUT2D eigenvalue weighted by Gasteiger charge is 2.18. The van der Waals surface area contributed by atoms with Gasteiger partial charge in [0.2, 0.25) is 15.9 Å². The molecule has 6 heteroatoms. The molecule has 0 spiro atoms. The molecule has 28 heavy (non-hydrogen) atoms. The van der Waals surface area contributed by atoms with Crippen molar-refractivity contribution in [1.82, 2.24) is 10.0 Å². The topological polar surface area (TPSA) is 75.3 Å². The van der Waals surface area contributed by atoms with Crippen LogP contribution in [-0.2, 0) is 21.2 Å². The van der Waals surface area contributed by atoms with Gasteiger partial charge in [0.25, 0.3) is 0 Å². The maximum atomic E-state index is 12.6. The number of benzene rings is 2. The zero-order valence-corrected chi connectivity index (χ0v) is 17.6. The van der Waals surface area contributed by atoms with E-state index in [-0.39, 0.29) is 22.9 Å². The smallest absolute Gasteiger partial charge is 0.241 e. The fourth-order valence-corrected chi connectivity index (χ4v) is 4.29. The standard InChI is InChI=1S/C22H30N2O3S/c1-4-8-17(2)23-22(25)16-13-19-11-14-21(15-12-19)28(26,27)24-18(3)20-9-6-5-7-10-20/h5-7,9-12,14-15,17-18,24H,4,8,13,16H2,1-3H3,(H,23,25)/t17-,18-/m1/s1. The van der Waals surface area contributed by atoms with Crippen LogP contribution in [0.3, 0.4) is 0 Å². The van der Waals surface area contributed by atoms with Crippen molar-refractivity contribution >= 4 is 15.9 Å². The molecule has 0 aliphatic carbocycles. The molecular formula is C22H30N2O3S. The van der Waals surface area contributed by atoms with E-state index in [2.05, 4.69) is 17.0 Å². The minimum atomic E-state index is -3.61. The van der Waals surface area contributed by atoms with Crippen molar-refractivity contribution in [3.05, 3.63) is 65.7 Å². The number of rotatable bonds is 10. The number of aryl methyl sites for hydroxylation is 1. The third-order valence-electron chi connectivity index (χ3n) is 4.63.